The van der Waals surface area contributed by atoms with Crippen molar-refractivity contribution in [2.75, 3.05) is 13.1 Å². The van der Waals surface area contributed by atoms with Gasteiger partial charge in [-0.15, -0.1) is 0 Å². The highest BCUT2D eigenvalue weighted by Gasteiger charge is 2.17. The van der Waals surface area contributed by atoms with Crippen molar-refractivity contribution in [3.63, 3.8) is 0 Å². The van der Waals surface area contributed by atoms with Crippen molar-refractivity contribution in [2.45, 2.75) is 52.3 Å². The minimum Gasteiger partial charge on any atom is -0.489 e. The number of imidazole rings is 1. The molecular weight excluding hydrogens is 474 g/mol. The first-order valence-electron chi connectivity index (χ1n) is 13.4. The average Bonchev–Trinajstić information content (AvgIpc) is 3.61. The summed E-state index contributed by atoms with van der Waals surface area (Å²) in [5.74, 6) is 0.917. The van der Waals surface area contributed by atoms with E-state index in [4.69, 9.17) is 9.72 Å². The lowest BCUT2D eigenvalue weighted by Gasteiger charge is -2.22. The number of hydrogen-bond donors (Lipinski definition) is 1. The van der Waals surface area contributed by atoms with E-state index >= 15 is 0 Å². The van der Waals surface area contributed by atoms with Gasteiger partial charge in [-0.2, -0.15) is 5.10 Å². The lowest BCUT2D eigenvalue weighted by molar-refractivity contribution is 0.302. The van der Waals surface area contributed by atoms with E-state index in [1.165, 1.54) is 11.1 Å². The second-order valence-electron chi connectivity index (χ2n) is 10.0. The Morgan fingerprint density at radius 2 is 1.82 bits per heavy atom. The van der Waals surface area contributed by atoms with Crippen LogP contribution >= 0.6 is 0 Å². The van der Waals surface area contributed by atoms with Crippen LogP contribution in [-0.4, -0.2) is 42.4 Å². The molecule has 1 aliphatic rings. The number of aromatic nitrogens is 6. The van der Waals surface area contributed by atoms with Gasteiger partial charge in [0.05, 0.1) is 25.1 Å². The molecule has 0 amide bonds. The van der Waals surface area contributed by atoms with Crippen molar-refractivity contribution >= 4 is 11.2 Å². The molecule has 194 valence electrons. The highest BCUT2D eigenvalue weighted by molar-refractivity contribution is 5.77. The molecule has 6 rings (SSSR count). The molecule has 1 fully saturated rings. The van der Waals surface area contributed by atoms with E-state index < -0.39 is 0 Å². The third-order valence-corrected chi connectivity index (χ3v) is 7.30. The van der Waals surface area contributed by atoms with E-state index in [9.17, 15) is 0 Å². The third-order valence-electron chi connectivity index (χ3n) is 7.30. The van der Waals surface area contributed by atoms with Crippen molar-refractivity contribution < 1.29 is 4.74 Å². The van der Waals surface area contributed by atoms with Crippen LogP contribution in [0.25, 0.3) is 22.3 Å². The van der Waals surface area contributed by atoms with Crippen molar-refractivity contribution in [3.8, 4) is 16.9 Å². The Hall–Kier alpha value is -4.04. The van der Waals surface area contributed by atoms with Crippen LogP contribution in [0.1, 0.15) is 48.2 Å². The molecule has 38 heavy (non-hydrogen) atoms. The smallest absolute Gasteiger partial charge is 0.160 e. The summed E-state index contributed by atoms with van der Waals surface area (Å²) < 4.78 is 10.3. The van der Waals surface area contributed by atoms with Crippen LogP contribution < -0.4 is 10.1 Å². The number of pyridine rings is 2. The second kappa shape index (κ2) is 10.8. The molecule has 0 radical (unpaired) electrons. The first-order valence-corrected chi connectivity index (χ1v) is 13.4. The molecule has 1 N–H and O–H groups in total. The topological polar surface area (TPSA) is 82.7 Å². The van der Waals surface area contributed by atoms with Crippen LogP contribution in [-0.2, 0) is 19.6 Å². The van der Waals surface area contributed by atoms with Crippen LogP contribution in [0.4, 0.5) is 0 Å². The van der Waals surface area contributed by atoms with Crippen LogP contribution in [0.15, 0.2) is 67.5 Å². The van der Waals surface area contributed by atoms with Gasteiger partial charge in [0, 0.05) is 41.0 Å². The number of nitrogens with zero attached hydrogens (tertiary/aromatic N) is 6. The van der Waals surface area contributed by atoms with Crippen molar-refractivity contribution in [2.24, 2.45) is 0 Å². The highest BCUT2D eigenvalue weighted by Crippen LogP contribution is 2.26. The predicted molar refractivity (Wildman–Crippen MR) is 148 cm³/mol. The maximum Gasteiger partial charge on any atom is 0.160 e. The molecule has 5 heterocycles. The Morgan fingerprint density at radius 1 is 0.947 bits per heavy atom. The lowest BCUT2D eigenvalue weighted by Crippen LogP contribution is -2.29. The molecule has 0 bridgehead atoms. The molecule has 0 spiro atoms. The summed E-state index contributed by atoms with van der Waals surface area (Å²) in [4.78, 5) is 13.8. The molecule has 0 unspecified atom stereocenters. The first-order chi connectivity index (χ1) is 18.7. The molecular formula is C30H33N7O. The van der Waals surface area contributed by atoms with Crippen molar-refractivity contribution in [3.05, 3.63) is 89.9 Å². The number of hydrogen-bond acceptors (Lipinski definition) is 6. The predicted octanol–water partition coefficient (Wildman–Crippen LogP) is 5.11. The minimum absolute atomic E-state index is 0.463. The zero-order valence-electron chi connectivity index (χ0n) is 22.0. The van der Waals surface area contributed by atoms with Gasteiger partial charge in [0.15, 0.2) is 5.65 Å². The molecule has 1 saturated heterocycles. The number of aryl methyl sites for hydroxylation is 2. The van der Waals surface area contributed by atoms with E-state index in [0.717, 1.165) is 71.6 Å². The summed E-state index contributed by atoms with van der Waals surface area (Å²) in [5.41, 5.74) is 8.35. The van der Waals surface area contributed by atoms with Crippen molar-refractivity contribution in [1.29, 1.82) is 0 Å². The van der Waals surface area contributed by atoms with Gasteiger partial charge in [0.25, 0.3) is 0 Å². The first kappa shape index (κ1) is 24.3. The van der Waals surface area contributed by atoms with Crippen LogP contribution in [0.5, 0.6) is 5.75 Å². The Kier molecular flexibility index (Phi) is 6.88. The number of nitrogens with one attached hydrogen (secondary N) is 1. The average molecular weight is 508 g/mol. The van der Waals surface area contributed by atoms with Gasteiger partial charge in [0.2, 0.25) is 0 Å². The molecule has 1 aromatic carbocycles. The summed E-state index contributed by atoms with van der Waals surface area (Å²) in [7, 11) is 0. The van der Waals surface area contributed by atoms with Gasteiger partial charge < -0.3 is 14.6 Å². The van der Waals surface area contributed by atoms with Gasteiger partial charge >= 0.3 is 0 Å². The van der Waals surface area contributed by atoms with E-state index in [-0.39, 0.29) is 0 Å². The summed E-state index contributed by atoms with van der Waals surface area (Å²) in [6, 6.07) is 13.1. The summed E-state index contributed by atoms with van der Waals surface area (Å²) in [5, 5.41) is 8.05. The number of fused-ring (bicyclic) bond motifs is 1. The third kappa shape index (κ3) is 5.17. The van der Waals surface area contributed by atoms with E-state index in [1.54, 1.807) is 0 Å². The Labute approximate surface area is 222 Å². The monoisotopic (exact) mass is 507 g/mol. The van der Waals surface area contributed by atoms with Crippen LogP contribution in [0, 0.1) is 6.92 Å². The van der Waals surface area contributed by atoms with Crippen LogP contribution in [0.3, 0.4) is 0 Å². The zero-order valence-corrected chi connectivity index (χ0v) is 22.0. The van der Waals surface area contributed by atoms with Crippen LogP contribution in [0.2, 0.25) is 0 Å². The zero-order chi connectivity index (χ0) is 25.9. The fourth-order valence-corrected chi connectivity index (χ4v) is 5.07. The molecule has 0 saturated carbocycles. The number of ether oxygens (including phenoxy) is 1. The summed E-state index contributed by atoms with van der Waals surface area (Å²) in [6.07, 6.45) is 12.9. The SMILES string of the molecule is CCc1cc(Cn2cnc3cc(-c4cnn(C5CCNCC5)c4)cnc32)ccc1OCc1ccc(C)nc1. The minimum atomic E-state index is 0.463. The quantitative estimate of drug-likeness (QED) is 0.314. The van der Waals surface area contributed by atoms with Gasteiger partial charge in [-0.1, -0.05) is 25.1 Å². The number of benzene rings is 1. The maximum atomic E-state index is 6.13. The largest absolute Gasteiger partial charge is 0.489 e. The van der Waals surface area contributed by atoms with E-state index in [0.29, 0.717) is 19.2 Å². The van der Waals surface area contributed by atoms with Gasteiger partial charge in [0.1, 0.15) is 17.9 Å². The molecule has 1 aliphatic heterocycles. The molecule has 8 nitrogen and oxygen atoms in total. The summed E-state index contributed by atoms with van der Waals surface area (Å²) in [6.45, 7) is 7.45. The fourth-order valence-electron chi connectivity index (χ4n) is 5.07. The standard InChI is InChI=1S/C30H33N7O/c1-3-24-12-22(6-7-29(24)38-19-23-5-4-21(2)32-14-23)17-36-20-34-28-13-25(15-33-30(28)36)26-16-35-37(18-26)27-8-10-31-11-9-27/h4-7,12-16,18,20,27,31H,3,8-11,17,19H2,1-2H3. The molecule has 8 heteroatoms. The molecule has 4 aromatic heterocycles. The molecule has 0 aliphatic carbocycles. The maximum absolute atomic E-state index is 6.13. The highest BCUT2D eigenvalue weighted by atomic mass is 16.5. The second-order valence-corrected chi connectivity index (χ2v) is 10.0. The molecule has 5 aromatic rings. The van der Waals surface area contributed by atoms with E-state index in [2.05, 4.69) is 73.1 Å². The number of rotatable bonds is 8. The fraction of sp³-hybridized carbons (Fsp3) is 0.333. The van der Waals surface area contributed by atoms with Crippen molar-refractivity contribution in [1.82, 2.24) is 34.6 Å². The van der Waals surface area contributed by atoms with Gasteiger partial charge in [-0.05, 0) is 68.6 Å². The normalized spacial score (nSPS) is 14.3. The number of piperidine rings is 1. The summed E-state index contributed by atoms with van der Waals surface area (Å²) >= 11 is 0. The van der Waals surface area contributed by atoms with Gasteiger partial charge in [-0.25, -0.2) is 9.97 Å². The lowest BCUT2D eigenvalue weighted by atomic mass is 10.1. The van der Waals surface area contributed by atoms with Gasteiger partial charge in [-0.3, -0.25) is 9.67 Å². The van der Waals surface area contributed by atoms with E-state index in [1.807, 2.05) is 37.9 Å². The Balaban J connectivity index is 1.16. The molecule has 0 atom stereocenters. The Morgan fingerprint density at radius 3 is 2.63 bits per heavy atom. The Bertz CT molecular complexity index is 1530.